The fraction of sp³-hybridized carbons (Fsp3) is 0.167. The average molecular weight is 344 g/mol. The van der Waals surface area contributed by atoms with Crippen molar-refractivity contribution in [3.05, 3.63) is 38.0 Å². The van der Waals surface area contributed by atoms with E-state index in [-0.39, 0.29) is 15.7 Å². The fourth-order valence-electron chi connectivity index (χ4n) is 2.18. The molecule has 0 radical (unpaired) electrons. The molecule has 1 aromatic carbocycles. The molecule has 0 amide bonds. The minimum Gasteiger partial charge on any atom is -0.315 e. The molecule has 2 heterocycles. The van der Waals surface area contributed by atoms with Gasteiger partial charge in [0, 0.05) is 23.9 Å². The van der Waals surface area contributed by atoms with Crippen LogP contribution in [0, 0.1) is 10.1 Å². The van der Waals surface area contributed by atoms with E-state index in [0.717, 1.165) is 5.75 Å². The maximum atomic E-state index is 11.3. The van der Waals surface area contributed by atoms with E-state index in [9.17, 15) is 14.9 Å². The molecule has 0 aliphatic carbocycles. The van der Waals surface area contributed by atoms with Crippen LogP contribution in [0.25, 0.3) is 11.3 Å². The molecule has 1 aliphatic heterocycles. The minimum absolute atomic E-state index is 0.0532. The van der Waals surface area contributed by atoms with Crippen molar-refractivity contribution >= 4 is 46.9 Å². The van der Waals surface area contributed by atoms with E-state index in [1.165, 1.54) is 23.9 Å². The number of imidazole rings is 1. The summed E-state index contributed by atoms with van der Waals surface area (Å²) in [7, 11) is 0. The van der Waals surface area contributed by atoms with Crippen molar-refractivity contribution in [2.75, 3.05) is 5.75 Å². The van der Waals surface area contributed by atoms with Crippen LogP contribution in [0.15, 0.2) is 17.3 Å². The number of nitro groups is 1. The molecular formula is C12H7Cl2N3O3S. The third kappa shape index (κ3) is 2.31. The summed E-state index contributed by atoms with van der Waals surface area (Å²) in [6, 6.07) is 2.54. The van der Waals surface area contributed by atoms with Gasteiger partial charge in [0.2, 0.25) is 0 Å². The molecule has 0 N–H and O–H groups in total. The second kappa shape index (κ2) is 5.32. The van der Waals surface area contributed by atoms with Gasteiger partial charge in [-0.15, -0.1) is 0 Å². The third-order valence-corrected chi connectivity index (χ3v) is 4.69. The van der Waals surface area contributed by atoms with Crippen molar-refractivity contribution in [3.8, 4) is 11.3 Å². The van der Waals surface area contributed by atoms with Gasteiger partial charge in [0.05, 0.1) is 9.95 Å². The molecule has 3 rings (SSSR count). The summed E-state index contributed by atoms with van der Waals surface area (Å²) in [5, 5.41) is 11.9. The van der Waals surface area contributed by atoms with Gasteiger partial charge >= 0.3 is 0 Å². The minimum atomic E-state index is -0.596. The molecule has 0 unspecified atom stereocenters. The molecule has 9 heteroatoms. The number of halogens is 2. The van der Waals surface area contributed by atoms with Crippen LogP contribution in [-0.2, 0) is 6.54 Å². The molecule has 0 bridgehead atoms. The van der Waals surface area contributed by atoms with Crippen LogP contribution in [-0.4, -0.2) is 26.5 Å². The summed E-state index contributed by atoms with van der Waals surface area (Å²) in [5.41, 5.74) is 0.775. The fourth-order valence-corrected chi connectivity index (χ4v) is 3.67. The van der Waals surface area contributed by atoms with Gasteiger partial charge in [-0.1, -0.05) is 35.0 Å². The Bertz CT molecular complexity index is 776. The highest BCUT2D eigenvalue weighted by Gasteiger charge is 2.26. The van der Waals surface area contributed by atoms with Gasteiger partial charge in [0.1, 0.15) is 16.4 Å². The van der Waals surface area contributed by atoms with E-state index < -0.39 is 4.92 Å². The molecule has 1 aliphatic rings. The number of hydrogen-bond acceptors (Lipinski definition) is 5. The Kier molecular flexibility index (Phi) is 3.64. The van der Waals surface area contributed by atoms with Crippen LogP contribution < -0.4 is 0 Å². The lowest BCUT2D eigenvalue weighted by Crippen LogP contribution is -2.00. The van der Waals surface area contributed by atoms with Crippen LogP contribution >= 0.6 is 35.0 Å². The van der Waals surface area contributed by atoms with Crippen molar-refractivity contribution in [1.82, 2.24) is 9.55 Å². The first-order valence-corrected chi connectivity index (χ1v) is 7.59. The topological polar surface area (TPSA) is 78.0 Å². The monoisotopic (exact) mass is 343 g/mol. The number of aromatic nitrogens is 2. The lowest BCUT2D eigenvalue weighted by Gasteiger charge is -2.05. The predicted octanol–water partition coefficient (Wildman–Crippen LogP) is 3.68. The second-order valence-corrected chi connectivity index (χ2v) is 6.16. The van der Waals surface area contributed by atoms with Gasteiger partial charge in [-0.25, -0.2) is 4.98 Å². The molecule has 0 atom stereocenters. The SMILES string of the molecule is O=Cc1c(-c2cc([N+](=O)[O-])c(Cl)cc2Cl)nc2n1CCS2. The maximum absolute atomic E-state index is 11.3. The number of fused-ring (bicyclic) bond motifs is 1. The number of nitro benzene ring substituents is 1. The largest absolute Gasteiger partial charge is 0.315 e. The van der Waals surface area contributed by atoms with Crippen molar-refractivity contribution in [2.24, 2.45) is 0 Å². The molecule has 0 fully saturated rings. The molecule has 0 saturated carbocycles. The lowest BCUT2D eigenvalue weighted by atomic mass is 10.1. The zero-order chi connectivity index (χ0) is 15.1. The van der Waals surface area contributed by atoms with Gasteiger partial charge in [-0.05, 0) is 6.07 Å². The summed E-state index contributed by atoms with van der Waals surface area (Å²) in [5.74, 6) is 0.845. The van der Waals surface area contributed by atoms with Crippen molar-refractivity contribution < 1.29 is 9.72 Å². The Morgan fingerprint density at radius 1 is 1.38 bits per heavy atom. The number of carbonyl (C=O) groups is 1. The Hall–Kier alpha value is -1.57. The van der Waals surface area contributed by atoms with Crippen LogP contribution in [0.4, 0.5) is 5.69 Å². The van der Waals surface area contributed by atoms with E-state index in [4.69, 9.17) is 23.2 Å². The number of benzene rings is 1. The normalized spacial score (nSPS) is 13.2. The first-order chi connectivity index (χ1) is 10.0. The van der Waals surface area contributed by atoms with Crippen molar-refractivity contribution in [2.45, 2.75) is 11.7 Å². The number of carbonyl (C=O) groups excluding carboxylic acids is 1. The number of thioether (sulfide) groups is 1. The Balaban J connectivity index is 2.24. The summed E-state index contributed by atoms with van der Waals surface area (Å²) in [4.78, 5) is 26.1. The molecule has 108 valence electrons. The van der Waals surface area contributed by atoms with Gasteiger partial charge in [-0.2, -0.15) is 0 Å². The quantitative estimate of drug-likeness (QED) is 0.482. The van der Waals surface area contributed by atoms with E-state index in [0.29, 0.717) is 34.9 Å². The highest BCUT2D eigenvalue weighted by atomic mass is 35.5. The first kappa shape index (κ1) is 14.4. The molecule has 1 aromatic heterocycles. The molecule has 21 heavy (non-hydrogen) atoms. The van der Waals surface area contributed by atoms with Crippen molar-refractivity contribution in [1.29, 1.82) is 0 Å². The lowest BCUT2D eigenvalue weighted by molar-refractivity contribution is -0.384. The van der Waals surface area contributed by atoms with Gasteiger partial charge in [-0.3, -0.25) is 14.9 Å². The Morgan fingerprint density at radius 2 is 2.14 bits per heavy atom. The summed E-state index contributed by atoms with van der Waals surface area (Å²) in [6.07, 6.45) is 0.689. The highest BCUT2D eigenvalue weighted by Crippen LogP contribution is 2.39. The molecular weight excluding hydrogens is 337 g/mol. The van der Waals surface area contributed by atoms with E-state index in [2.05, 4.69) is 4.98 Å². The highest BCUT2D eigenvalue weighted by molar-refractivity contribution is 7.99. The molecule has 0 saturated heterocycles. The average Bonchev–Trinajstić information content (AvgIpc) is 2.98. The van der Waals surface area contributed by atoms with Crippen LogP contribution in [0.1, 0.15) is 10.5 Å². The molecule has 2 aromatic rings. The standard InChI is InChI=1S/C12H7Cl2N3O3S/c13-7-4-8(14)9(17(19)20)3-6(7)11-10(5-18)16-1-2-21-12(16)15-11/h3-5H,1-2H2. The number of hydrogen-bond donors (Lipinski definition) is 0. The van der Waals surface area contributed by atoms with Crippen LogP contribution in [0.5, 0.6) is 0 Å². The summed E-state index contributed by atoms with van der Waals surface area (Å²) >= 11 is 13.4. The number of nitrogens with zero attached hydrogens (tertiary/aromatic N) is 3. The van der Waals surface area contributed by atoms with E-state index in [1.54, 1.807) is 4.57 Å². The second-order valence-electron chi connectivity index (χ2n) is 4.29. The summed E-state index contributed by atoms with van der Waals surface area (Å²) in [6.45, 7) is 0.675. The molecule has 0 spiro atoms. The Labute approximate surface area is 133 Å². The summed E-state index contributed by atoms with van der Waals surface area (Å²) < 4.78 is 1.78. The smallest absolute Gasteiger partial charge is 0.288 e. The van der Waals surface area contributed by atoms with Crippen LogP contribution in [0.2, 0.25) is 10.0 Å². The van der Waals surface area contributed by atoms with E-state index >= 15 is 0 Å². The van der Waals surface area contributed by atoms with E-state index in [1.807, 2.05) is 0 Å². The zero-order valence-corrected chi connectivity index (χ0v) is 12.7. The first-order valence-electron chi connectivity index (χ1n) is 5.85. The van der Waals surface area contributed by atoms with Gasteiger partial charge in [0.15, 0.2) is 11.4 Å². The predicted molar refractivity (Wildman–Crippen MR) is 80.4 cm³/mol. The number of rotatable bonds is 3. The van der Waals surface area contributed by atoms with Gasteiger partial charge < -0.3 is 4.57 Å². The van der Waals surface area contributed by atoms with Gasteiger partial charge in [0.25, 0.3) is 5.69 Å². The molecule has 6 nitrogen and oxygen atoms in total. The van der Waals surface area contributed by atoms with Crippen LogP contribution in [0.3, 0.4) is 0 Å². The zero-order valence-electron chi connectivity index (χ0n) is 10.4. The Morgan fingerprint density at radius 3 is 2.81 bits per heavy atom. The maximum Gasteiger partial charge on any atom is 0.288 e. The number of aldehydes is 1. The third-order valence-electron chi connectivity index (χ3n) is 3.12. The van der Waals surface area contributed by atoms with Crippen molar-refractivity contribution in [3.63, 3.8) is 0 Å².